The molecular formula is C26H21IN4O4. The van der Waals surface area contributed by atoms with Crippen LogP contribution >= 0.6 is 22.6 Å². The number of urea groups is 1. The van der Waals surface area contributed by atoms with Gasteiger partial charge in [-0.2, -0.15) is 5.26 Å². The fourth-order valence-electron chi connectivity index (χ4n) is 3.29. The number of amides is 2. The summed E-state index contributed by atoms with van der Waals surface area (Å²) >= 11 is 2.21. The topological polar surface area (TPSA) is 106 Å². The maximum absolute atomic E-state index is 12.3. The third kappa shape index (κ3) is 6.10. The highest BCUT2D eigenvalue weighted by Crippen LogP contribution is 2.33. The molecule has 0 aliphatic heterocycles. The number of rotatable bonds is 8. The van der Waals surface area contributed by atoms with E-state index in [1.165, 1.54) is 0 Å². The van der Waals surface area contributed by atoms with Crippen LogP contribution in [0, 0.1) is 11.3 Å². The molecule has 176 valence electrons. The maximum Gasteiger partial charge on any atom is 0.323 e. The van der Waals surface area contributed by atoms with E-state index in [1.807, 2.05) is 0 Å². The standard InChI is InChI=1S/C26H21IN4O4/c1-33-20-6-2-18(3-7-20)30-26(32)31-19-4-8-21(9-5-19)35-24-10-12-29-23-15-25(34-13-11-27)17(16-28)14-22(23)24/h2-10,12,14-15H,11,13H2,1H3,(H2,30,31,32). The molecule has 3 aromatic carbocycles. The van der Waals surface area contributed by atoms with Gasteiger partial charge >= 0.3 is 6.03 Å². The first kappa shape index (κ1) is 24.1. The van der Waals surface area contributed by atoms with Crippen LogP contribution < -0.4 is 24.8 Å². The molecule has 8 nitrogen and oxygen atoms in total. The smallest absolute Gasteiger partial charge is 0.323 e. The lowest BCUT2D eigenvalue weighted by Crippen LogP contribution is -2.19. The fourth-order valence-corrected chi connectivity index (χ4v) is 3.51. The number of methoxy groups -OCH3 is 1. The first-order valence-electron chi connectivity index (χ1n) is 10.6. The van der Waals surface area contributed by atoms with E-state index in [-0.39, 0.29) is 6.03 Å². The van der Waals surface area contributed by atoms with Crippen molar-refractivity contribution in [3.05, 3.63) is 78.5 Å². The predicted molar refractivity (Wildman–Crippen MR) is 143 cm³/mol. The number of fused-ring (bicyclic) bond motifs is 1. The van der Waals surface area contributed by atoms with Crippen LogP contribution in [-0.2, 0) is 0 Å². The van der Waals surface area contributed by atoms with Gasteiger partial charge in [0.2, 0.25) is 0 Å². The molecule has 0 saturated heterocycles. The first-order chi connectivity index (χ1) is 17.1. The van der Waals surface area contributed by atoms with Crippen LogP contribution in [0.1, 0.15) is 5.56 Å². The molecule has 0 fully saturated rings. The number of nitriles is 1. The van der Waals surface area contributed by atoms with Crippen molar-refractivity contribution in [3.63, 3.8) is 0 Å². The number of ether oxygens (including phenoxy) is 3. The van der Waals surface area contributed by atoms with Crippen molar-refractivity contribution in [2.45, 2.75) is 0 Å². The molecule has 0 saturated carbocycles. The molecule has 0 radical (unpaired) electrons. The predicted octanol–water partition coefficient (Wildman–Crippen LogP) is 6.37. The molecule has 2 amide bonds. The Balaban J connectivity index is 1.45. The van der Waals surface area contributed by atoms with Crippen LogP contribution in [0.25, 0.3) is 10.9 Å². The van der Waals surface area contributed by atoms with Gasteiger partial charge in [0.25, 0.3) is 0 Å². The van der Waals surface area contributed by atoms with E-state index in [0.717, 1.165) is 4.43 Å². The van der Waals surface area contributed by atoms with Crippen molar-refractivity contribution in [2.24, 2.45) is 0 Å². The van der Waals surface area contributed by atoms with Crippen molar-refractivity contribution in [1.82, 2.24) is 4.98 Å². The number of carbonyl (C=O) groups is 1. The third-order valence-corrected chi connectivity index (χ3v) is 5.39. The summed E-state index contributed by atoms with van der Waals surface area (Å²) in [5, 5.41) is 15.8. The average molecular weight is 580 g/mol. The van der Waals surface area contributed by atoms with E-state index >= 15 is 0 Å². The van der Waals surface area contributed by atoms with E-state index in [2.05, 4.69) is 44.3 Å². The summed E-state index contributed by atoms with van der Waals surface area (Å²) in [4.78, 5) is 16.7. The van der Waals surface area contributed by atoms with E-state index in [0.29, 0.717) is 57.4 Å². The molecule has 0 aliphatic carbocycles. The van der Waals surface area contributed by atoms with Crippen LogP contribution in [0.2, 0.25) is 0 Å². The van der Waals surface area contributed by atoms with Gasteiger partial charge in [-0.15, -0.1) is 0 Å². The minimum absolute atomic E-state index is 0.367. The summed E-state index contributed by atoms with van der Waals surface area (Å²) in [7, 11) is 1.59. The zero-order valence-electron chi connectivity index (χ0n) is 18.7. The van der Waals surface area contributed by atoms with Gasteiger partial charge in [-0.1, -0.05) is 22.6 Å². The fraction of sp³-hybridized carbons (Fsp3) is 0.115. The molecular weight excluding hydrogens is 559 g/mol. The number of pyridine rings is 1. The molecule has 0 unspecified atom stereocenters. The molecule has 4 rings (SSSR count). The van der Waals surface area contributed by atoms with Crippen molar-refractivity contribution in [3.8, 4) is 29.1 Å². The van der Waals surface area contributed by atoms with Gasteiger partial charge in [-0.05, 0) is 60.7 Å². The number of alkyl halides is 1. The SMILES string of the molecule is COc1ccc(NC(=O)Nc2ccc(Oc3ccnc4cc(OCCI)c(C#N)cc34)cc2)cc1. The summed E-state index contributed by atoms with van der Waals surface area (Å²) in [6.45, 7) is 0.509. The number of hydrogen-bond acceptors (Lipinski definition) is 6. The summed E-state index contributed by atoms with van der Waals surface area (Å²) in [5.74, 6) is 2.35. The molecule has 0 spiro atoms. The van der Waals surface area contributed by atoms with E-state index < -0.39 is 0 Å². The Labute approximate surface area is 216 Å². The Bertz CT molecular complexity index is 1370. The molecule has 9 heteroatoms. The number of nitrogens with one attached hydrogen (secondary N) is 2. The highest BCUT2D eigenvalue weighted by Gasteiger charge is 2.12. The van der Waals surface area contributed by atoms with Crippen molar-refractivity contribution in [1.29, 1.82) is 5.26 Å². The first-order valence-corrected chi connectivity index (χ1v) is 12.1. The van der Waals surface area contributed by atoms with Gasteiger partial charge in [-0.3, -0.25) is 4.98 Å². The van der Waals surface area contributed by atoms with Gasteiger partial charge in [0.05, 0.1) is 24.8 Å². The van der Waals surface area contributed by atoms with E-state index in [9.17, 15) is 10.1 Å². The summed E-state index contributed by atoms with van der Waals surface area (Å²) < 4.78 is 17.7. The van der Waals surface area contributed by atoms with Gasteiger partial charge in [0.15, 0.2) is 0 Å². The van der Waals surface area contributed by atoms with Gasteiger partial charge < -0.3 is 24.8 Å². The van der Waals surface area contributed by atoms with Crippen LogP contribution in [0.3, 0.4) is 0 Å². The van der Waals surface area contributed by atoms with Gasteiger partial charge in [0.1, 0.15) is 29.1 Å². The van der Waals surface area contributed by atoms with Crippen LogP contribution in [0.15, 0.2) is 72.9 Å². The van der Waals surface area contributed by atoms with Crippen molar-refractivity contribution in [2.75, 3.05) is 28.8 Å². The second-order valence-electron chi connectivity index (χ2n) is 7.26. The normalized spacial score (nSPS) is 10.3. The third-order valence-electron chi connectivity index (χ3n) is 4.95. The Kier molecular flexibility index (Phi) is 7.84. The van der Waals surface area contributed by atoms with Crippen molar-refractivity contribution < 1.29 is 19.0 Å². The molecule has 1 heterocycles. The van der Waals surface area contributed by atoms with Crippen molar-refractivity contribution >= 4 is 50.9 Å². The zero-order valence-corrected chi connectivity index (χ0v) is 20.9. The summed E-state index contributed by atoms with van der Waals surface area (Å²) in [6, 6.07) is 21.0. The Hall–Kier alpha value is -4.04. The number of hydrogen-bond donors (Lipinski definition) is 2. The minimum atomic E-state index is -0.367. The molecule has 0 atom stereocenters. The van der Waals surface area contributed by atoms with Gasteiger partial charge in [0, 0.05) is 33.5 Å². The molecule has 4 aromatic rings. The summed E-state index contributed by atoms with van der Waals surface area (Å²) in [5.41, 5.74) is 2.33. The number of anilines is 2. The number of benzene rings is 3. The van der Waals surface area contributed by atoms with E-state index in [1.54, 1.807) is 80.0 Å². The van der Waals surface area contributed by atoms with Crippen LogP contribution in [0.4, 0.5) is 16.2 Å². The zero-order chi connectivity index (χ0) is 24.6. The molecule has 0 aliphatic rings. The highest BCUT2D eigenvalue weighted by atomic mass is 127. The van der Waals surface area contributed by atoms with Crippen LogP contribution in [0.5, 0.6) is 23.0 Å². The second-order valence-corrected chi connectivity index (χ2v) is 8.34. The average Bonchev–Trinajstić information content (AvgIpc) is 2.88. The minimum Gasteiger partial charge on any atom is -0.497 e. The number of nitrogens with zero attached hydrogens (tertiary/aromatic N) is 2. The lowest BCUT2D eigenvalue weighted by Gasteiger charge is -2.12. The van der Waals surface area contributed by atoms with Gasteiger partial charge in [-0.25, -0.2) is 4.79 Å². The molecule has 1 aromatic heterocycles. The monoisotopic (exact) mass is 580 g/mol. The molecule has 2 N–H and O–H groups in total. The summed E-state index contributed by atoms with van der Waals surface area (Å²) in [6.07, 6.45) is 1.64. The highest BCUT2D eigenvalue weighted by molar-refractivity contribution is 14.1. The molecule has 35 heavy (non-hydrogen) atoms. The molecule has 0 bridgehead atoms. The second kappa shape index (κ2) is 11.4. The van der Waals surface area contributed by atoms with Crippen LogP contribution in [-0.4, -0.2) is 29.2 Å². The lowest BCUT2D eigenvalue weighted by molar-refractivity contribution is 0.262. The Morgan fingerprint density at radius 3 is 2.23 bits per heavy atom. The quantitative estimate of drug-likeness (QED) is 0.186. The number of carbonyl (C=O) groups excluding carboxylic acids is 1. The lowest BCUT2D eigenvalue weighted by atomic mass is 10.1. The Morgan fingerprint density at radius 1 is 0.971 bits per heavy atom. The van der Waals surface area contributed by atoms with E-state index in [4.69, 9.17) is 14.2 Å². The largest absolute Gasteiger partial charge is 0.497 e. The Morgan fingerprint density at radius 2 is 1.63 bits per heavy atom. The number of aromatic nitrogens is 1. The maximum atomic E-state index is 12.3. The number of halogens is 1.